The van der Waals surface area contributed by atoms with E-state index in [2.05, 4.69) is 15.4 Å². The van der Waals surface area contributed by atoms with Gasteiger partial charge < -0.3 is 24.9 Å². The zero-order valence-corrected chi connectivity index (χ0v) is 12.5. The Bertz CT molecular complexity index is 444. The van der Waals surface area contributed by atoms with Crippen molar-refractivity contribution < 1.29 is 23.8 Å². The molecule has 2 unspecified atom stereocenters. The van der Waals surface area contributed by atoms with Crippen LogP contribution in [0.4, 0.5) is 4.79 Å². The number of alkyl carbamates (subject to hydrolysis) is 1. The highest BCUT2D eigenvalue weighted by Crippen LogP contribution is 2.12. The van der Waals surface area contributed by atoms with Crippen LogP contribution < -0.4 is 10.6 Å². The van der Waals surface area contributed by atoms with Crippen molar-refractivity contribution >= 4 is 12.0 Å². The third-order valence-electron chi connectivity index (χ3n) is 2.84. The quantitative estimate of drug-likeness (QED) is 0.702. The van der Waals surface area contributed by atoms with E-state index in [-0.39, 0.29) is 18.4 Å². The van der Waals surface area contributed by atoms with E-state index in [1.54, 1.807) is 12.1 Å². The van der Waals surface area contributed by atoms with Gasteiger partial charge in [0.1, 0.15) is 17.9 Å². The highest BCUT2D eigenvalue weighted by atomic mass is 16.5. The molecule has 2 amide bonds. The Labute approximate surface area is 123 Å². The molecule has 0 saturated heterocycles. The van der Waals surface area contributed by atoms with E-state index in [0.29, 0.717) is 12.2 Å². The third-order valence-corrected chi connectivity index (χ3v) is 2.84. The van der Waals surface area contributed by atoms with Gasteiger partial charge in [-0.2, -0.15) is 0 Å². The maximum absolute atomic E-state index is 12.1. The molecule has 1 aromatic heterocycles. The molecule has 21 heavy (non-hydrogen) atoms. The lowest BCUT2D eigenvalue weighted by Crippen LogP contribution is -2.48. The molecule has 0 aliphatic rings. The number of rotatable bonds is 7. The first kappa shape index (κ1) is 17.0. The SMILES string of the molecule is COC(=O)NC(CC(C)C)C(=O)NCC(O)c1ccco1. The number of carbonyl (C=O) groups is 2. The molecule has 0 fully saturated rings. The van der Waals surface area contributed by atoms with Gasteiger partial charge in [-0.25, -0.2) is 4.79 Å². The number of furan rings is 1. The van der Waals surface area contributed by atoms with Crippen LogP contribution in [0.5, 0.6) is 0 Å². The number of methoxy groups -OCH3 is 1. The van der Waals surface area contributed by atoms with Crippen LogP contribution in [0.15, 0.2) is 22.8 Å². The summed E-state index contributed by atoms with van der Waals surface area (Å²) >= 11 is 0. The Morgan fingerprint density at radius 1 is 1.43 bits per heavy atom. The van der Waals surface area contributed by atoms with Gasteiger partial charge in [0, 0.05) is 0 Å². The molecular weight excluding hydrogens is 276 g/mol. The summed E-state index contributed by atoms with van der Waals surface area (Å²) in [6, 6.07) is 2.57. The van der Waals surface area contributed by atoms with E-state index in [1.807, 2.05) is 13.8 Å². The van der Waals surface area contributed by atoms with E-state index in [4.69, 9.17) is 4.42 Å². The van der Waals surface area contributed by atoms with E-state index < -0.39 is 18.2 Å². The van der Waals surface area contributed by atoms with Crippen molar-refractivity contribution in [3.63, 3.8) is 0 Å². The number of aliphatic hydroxyl groups is 1. The lowest BCUT2D eigenvalue weighted by atomic mass is 10.0. The van der Waals surface area contributed by atoms with Crippen molar-refractivity contribution in [2.45, 2.75) is 32.4 Å². The van der Waals surface area contributed by atoms with Crippen molar-refractivity contribution in [1.82, 2.24) is 10.6 Å². The number of amides is 2. The monoisotopic (exact) mass is 298 g/mol. The van der Waals surface area contributed by atoms with Crippen LogP contribution in [-0.4, -0.2) is 36.8 Å². The van der Waals surface area contributed by atoms with Crippen molar-refractivity contribution in [2.24, 2.45) is 5.92 Å². The Kier molecular flexibility index (Phi) is 6.74. The fourth-order valence-electron chi connectivity index (χ4n) is 1.81. The molecule has 7 heteroatoms. The highest BCUT2D eigenvalue weighted by molar-refractivity contribution is 5.85. The predicted molar refractivity (Wildman–Crippen MR) is 75.5 cm³/mol. The summed E-state index contributed by atoms with van der Waals surface area (Å²) in [6.45, 7) is 3.89. The molecule has 1 heterocycles. The summed E-state index contributed by atoms with van der Waals surface area (Å²) in [5.74, 6) is 0.212. The smallest absolute Gasteiger partial charge is 0.407 e. The van der Waals surface area contributed by atoms with Crippen LogP contribution in [0.2, 0.25) is 0 Å². The fraction of sp³-hybridized carbons (Fsp3) is 0.571. The van der Waals surface area contributed by atoms with Crippen molar-refractivity contribution in [2.75, 3.05) is 13.7 Å². The molecule has 118 valence electrons. The number of ether oxygens (including phenoxy) is 1. The first-order valence-corrected chi connectivity index (χ1v) is 6.77. The average Bonchev–Trinajstić information content (AvgIpc) is 2.97. The van der Waals surface area contributed by atoms with Gasteiger partial charge in [-0.05, 0) is 24.5 Å². The summed E-state index contributed by atoms with van der Waals surface area (Å²) in [6.07, 6.45) is 0.322. The summed E-state index contributed by atoms with van der Waals surface area (Å²) < 4.78 is 9.55. The van der Waals surface area contributed by atoms with Gasteiger partial charge in [-0.1, -0.05) is 13.8 Å². The summed E-state index contributed by atoms with van der Waals surface area (Å²) in [5, 5.41) is 14.9. The maximum Gasteiger partial charge on any atom is 0.407 e. The molecule has 3 N–H and O–H groups in total. The Morgan fingerprint density at radius 3 is 2.67 bits per heavy atom. The molecule has 0 aliphatic carbocycles. The van der Waals surface area contributed by atoms with Crippen LogP contribution >= 0.6 is 0 Å². The van der Waals surface area contributed by atoms with Crippen molar-refractivity contribution in [1.29, 1.82) is 0 Å². The molecular formula is C14H22N2O5. The number of aliphatic hydroxyl groups excluding tert-OH is 1. The number of carbonyl (C=O) groups excluding carboxylic acids is 2. The third kappa shape index (κ3) is 5.86. The van der Waals surface area contributed by atoms with Crippen molar-refractivity contribution in [3.8, 4) is 0 Å². The summed E-state index contributed by atoms with van der Waals surface area (Å²) in [4.78, 5) is 23.3. The summed E-state index contributed by atoms with van der Waals surface area (Å²) in [7, 11) is 1.24. The minimum absolute atomic E-state index is 0.00376. The lowest BCUT2D eigenvalue weighted by Gasteiger charge is -2.20. The highest BCUT2D eigenvalue weighted by Gasteiger charge is 2.23. The second-order valence-electron chi connectivity index (χ2n) is 5.09. The summed E-state index contributed by atoms with van der Waals surface area (Å²) in [5.41, 5.74) is 0. The molecule has 0 aromatic carbocycles. The second-order valence-corrected chi connectivity index (χ2v) is 5.09. The first-order valence-electron chi connectivity index (χ1n) is 6.77. The molecule has 0 bridgehead atoms. The lowest BCUT2D eigenvalue weighted by molar-refractivity contribution is -0.124. The molecule has 0 aliphatic heterocycles. The number of hydrogen-bond donors (Lipinski definition) is 3. The van der Waals surface area contributed by atoms with Gasteiger partial charge in [0.25, 0.3) is 0 Å². The normalized spacial score (nSPS) is 13.6. The van der Waals surface area contributed by atoms with E-state index in [1.165, 1.54) is 13.4 Å². The van der Waals surface area contributed by atoms with Crippen molar-refractivity contribution in [3.05, 3.63) is 24.2 Å². The molecule has 0 radical (unpaired) electrons. The van der Waals surface area contributed by atoms with Crippen LogP contribution in [0, 0.1) is 5.92 Å². The molecule has 0 saturated carbocycles. The van der Waals surface area contributed by atoms with Crippen LogP contribution in [0.25, 0.3) is 0 Å². The van der Waals surface area contributed by atoms with Crippen LogP contribution in [-0.2, 0) is 9.53 Å². The predicted octanol–water partition coefficient (Wildman–Crippen LogP) is 1.20. The Hall–Kier alpha value is -2.02. The van der Waals surface area contributed by atoms with Gasteiger partial charge >= 0.3 is 6.09 Å². The fourth-order valence-corrected chi connectivity index (χ4v) is 1.81. The van der Waals surface area contributed by atoms with E-state index in [0.717, 1.165) is 0 Å². The standard InChI is InChI=1S/C14H22N2O5/c1-9(2)7-10(16-14(19)20-3)13(18)15-8-11(17)12-5-4-6-21-12/h4-6,9-11,17H,7-8H2,1-3H3,(H,15,18)(H,16,19). The zero-order chi connectivity index (χ0) is 15.8. The largest absolute Gasteiger partial charge is 0.467 e. The molecule has 1 aromatic rings. The average molecular weight is 298 g/mol. The van der Waals surface area contributed by atoms with Crippen LogP contribution in [0.3, 0.4) is 0 Å². The number of hydrogen-bond acceptors (Lipinski definition) is 5. The van der Waals surface area contributed by atoms with Gasteiger partial charge in [-0.15, -0.1) is 0 Å². The first-order chi connectivity index (χ1) is 9.93. The van der Waals surface area contributed by atoms with E-state index >= 15 is 0 Å². The van der Waals surface area contributed by atoms with Crippen LogP contribution in [0.1, 0.15) is 32.1 Å². The maximum atomic E-state index is 12.1. The van der Waals surface area contributed by atoms with Gasteiger partial charge in [0.05, 0.1) is 19.9 Å². The minimum Gasteiger partial charge on any atom is -0.467 e. The van der Waals surface area contributed by atoms with Gasteiger partial charge in [0.15, 0.2) is 0 Å². The molecule has 2 atom stereocenters. The minimum atomic E-state index is -0.929. The zero-order valence-electron chi connectivity index (χ0n) is 12.5. The Morgan fingerprint density at radius 2 is 2.14 bits per heavy atom. The Balaban J connectivity index is 2.53. The van der Waals surface area contributed by atoms with Gasteiger partial charge in [-0.3, -0.25) is 4.79 Å². The second kappa shape index (κ2) is 8.31. The van der Waals surface area contributed by atoms with Gasteiger partial charge in [0.2, 0.25) is 5.91 Å². The molecule has 1 rings (SSSR count). The molecule has 7 nitrogen and oxygen atoms in total. The molecule has 0 spiro atoms. The number of nitrogens with one attached hydrogen (secondary N) is 2. The van der Waals surface area contributed by atoms with E-state index in [9.17, 15) is 14.7 Å². The topological polar surface area (TPSA) is 101 Å².